The van der Waals surface area contributed by atoms with Crippen molar-refractivity contribution in [1.29, 1.82) is 0 Å². The van der Waals surface area contributed by atoms with Crippen LogP contribution in [-0.2, 0) is 19.6 Å². The van der Waals surface area contributed by atoms with Gasteiger partial charge in [0.15, 0.2) is 5.70 Å². The molecule has 2 aromatic rings. The molecule has 1 heterocycles. The number of ether oxygens (including phenoxy) is 1. The first-order valence-corrected chi connectivity index (χ1v) is 9.40. The maximum Gasteiger partial charge on any atom is 0.363 e. The molecule has 6 nitrogen and oxygen atoms in total. The van der Waals surface area contributed by atoms with Gasteiger partial charge in [0.05, 0.1) is 4.90 Å². The molecule has 0 unspecified atom stereocenters. The summed E-state index contributed by atoms with van der Waals surface area (Å²) in [6, 6.07) is 13.0. The summed E-state index contributed by atoms with van der Waals surface area (Å²) in [5.41, 5.74) is 1.28. The van der Waals surface area contributed by atoms with Crippen LogP contribution in [0.15, 0.2) is 64.1 Å². The van der Waals surface area contributed by atoms with Gasteiger partial charge in [0, 0.05) is 24.7 Å². The van der Waals surface area contributed by atoms with Gasteiger partial charge >= 0.3 is 5.97 Å². The van der Waals surface area contributed by atoms with E-state index in [1.165, 1.54) is 26.2 Å². The zero-order chi connectivity index (χ0) is 18.9. The average molecular weight is 391 g/mol. The van der Waals surface area contributed by atoms with E-state index in [4.69, 9.17) is 16.3 Å². The second-order valence-electron chi connectivity index (χ2n) is 5.70. The number of aliphatic imine (C=N–C) groups is 1. The normalized spacial score (nSPS) is 16.1. The van der Waals surface area contributed by atoms with Crippen molar-refractivity contribution in [1.82, 2.24) is 4.31 Å². The van der Waals surface area contributed by atoms with Crippen molar-refractivity contribution in [3.05, 3.63) is 70.4 Å². The SMILES string of the molecule is CN(C)S(=O)(=O)c1cccc(C2=N/C(=C\c3ccc(Cl)cc3)C(=O)O2)c1. The minimum atomic E-state index is -3.60. The van der Waals surface area contributed by atoms with Crippen LogP contribution in [-0.4, -0.2) is 38.7 Å². The van der Waals surface area contributed by atoms with E-state index in [1.807, 2.05) is 0 Å². The summed E-state index contributed by atoms with van der Waals surface area (Å²) in [6.45, 7) is 0. The molecular weight excluding hydrogens is 376 g/mol. The number of benzene rings is 2. The smallest absolute Gasteiger partial charge is 0.363 e. The highest BCUT2D eigenvalue weighted by atomic mass is 35.5. The van der Waals surface area contributed by atoms with E-state index in [-0.39, 0.29) is 16.5 Å². The first-order chi connectivity index (χ1) is 12.3. The average Bonchev–Trinajstić information content (AvgIpc) is 2.97. The summed E-state index contributed by atoms with van der Waals surface area (Å²) in [5.74, 6) is -0.540. The van der Waals surface area contributed by atoms with Gasteiger partial charge in [-0.1, -0.05) is 29.8 Å². The fraction of sp³-hybridized carbons (Fsp3) is 0.111. The molecule has 26 heavy (non-hydrogen) atoms. The van der Waals surface area contributed by atoms with E-state index in [2.05, 4.69) is 4.99 Å². The lowest BCUT2D eigenvalue weighted by molar-refractivity contribution is -0.129. The summed E-state index contributed by atoms with van der Waals surface area (Å²) >= 11 is 5.84. The molecule has 0 aliphatic carbocycles. The lowest BCUT2D eigenvalue weighted by Gasteiger charge is -2.11. The standard InChI is InChI=1S/C18H15ClN2O4S/c1-21(2)26(23,24)15-5-3-4-13(11-15)17-20-16(18(22)25-17)10-12-6-8-14(19)9-7-12/h3-11H,1-2H3/b16-10-. The van der Waals surface area contributed by atoms with Crippen LogP contribution in [0.25, 0.3) is 6.08 Å². The van der Waals surface area contributed by atoms with Gasteiger partial charge in [0.2, 0.25) is 15.9 Å². The number of hydrogen-bond donors (Lipinski definition) is 0. The molecule has 0 fully saturated rings. The third kappa shape index (κ3) is 3.70. The minimum Gasteiger partial charge on any atom is -0.402 e. The molecule has 0 saturated heterocycles. The van der Waals surface area contributed by atoms with Crippen molar-refractivity contribution in [3.63, 3.8) is 0 Å². The third-order valence-corrected chi connectivity index (χ3v) is 5.72. The Bertz CT molecular complexity index is 1030. The Morgan fingerprint density at radius 1 is 1.12 bits per heavy atom. The van der Waals surface area contributed by atoms with Crippen molar-refractivity contribution >= 4 is 39.6 Å². The van der Waals surface area contributed by atoms with Crippen LogP contribution < -0.4 is 0 Å². The van der Waals surface area contributed by atoms with Crippen LogP contribution >= 0.6 is 11.6 Å². The monoisotopic (exact) mass is 390 g/mol. The zero-order valence-corrected chi connectivity index (χ0v) is 15.6. The Kier molecular flexibility index (Phi) is 4.95. The second kappa shape index (κ2) is 7.03. The van der Waals surface area contributed by atoms with Gasteiger partial charge in [-0.2, -0.15) is 0 Å². The molecule has 3 rings (SSSR count). The Morgan fingerprint density at radius 3 is 2.46 bits per heavy atom. The summed E-state index contributed by atoms with van der Waals surface area (Å²) in [5, 5.41) is 0.587. The number of carbonyl (C=O) groups excluding carboxylic acids is 1. The summed E-state index contributed by atoms with van der Waals surface area (Å²) in [4.78, 5) is 16.3. The maximum atomic E-state index is 12.3. The fourth-order valence-corrected chi connectivity index (χ4v) is 3.32. The molecule has 8 heteroatoms. The number of hydrogen-bond acceptors (Lipinski definition) is 5. The van der Waals surface area contributed by atoms with Gasteiger partial charge in [-0.3, -0.25) is 0 Å². The molecule has 0 amide bonds. The van der Waals surface area contributed by atoms with Gasteiger partial charge in [-0.25, -0.2) is 22.5 Å². The molecule has 0 radical (unpaired) electrons. The minimum absolute atomic E-state index is 0.0611. The van der Waals surface area contributed by atoms with Crippen LogP contribution in [0.2, 0.25) is 5.02 Å². The predicted octanol–water partition coefficient (Wildman–Crippen LogP) is 2.93. The molecule has 134 valence electrons. The van der Waals surface area contributed by atoms with E-state index in [1.54, 1.807) is 42.5 Å². The highest BCUT2D eigenvalue weighted by Gasteiger charge is 2.25. The van der Waals surface area contributed by atoms with Crippen molar-refractivity contribution in [3.8, 4) is 0 Å². The van der Waals surface area contributed by atoms with E-state index >= 15 is 0 Å². The molecule has 2 aromatic carbocycles. The van der Waals surface area contributed by atoms with Gasteiger partial charge in [-0.05, 0) is 42.0 Å². The largest absolute Gasteiger partial charge is 0.402 e. The van der Waals surface area contributed by atoms with Gasteiger partial charge in [-0.15, -0.1) is 0 Å². The summed E-state index contributed by atoms with van der Waals surface area (Å²) < 4.78 is 30.8. The Hall–Kier alpha value is -2.48. The van der Waals surface area contributed by atoms with E-state index in [0.717, 1.165) is 9.87 Å². The van der Waals surface area contributed by atoms with Gasteiger partial charge in [0.25, 0.3) is 0 Å². The molecule has 1 aliphatic rings. The van der Waals surface area contributed by atoms with Crippen LogP contribution in [0.4, 0.5) is 0 Å². The summed E-state index contributed by atoms with van der Waals surface area (Å²) in [6.07, 6.45) is 1.58. The fourth-order valence-electron chi connectivity index (χ4n) is 2.25. The molecular formula is C18H15ClN2O4S. The molecule has 1 aliphatic heterocycles. The van der Waals surface area contributed by atoms with Crippen LogP contribution in [0.5, 0.6) is 0 Å². The predicted molar refractivity (Wildman–Crippen MR) is 99.4 cm³/mol. The number of esters is 1. The maximum absolute atomic E-state index is 12.3. The number of carbonyl (C=O) groups is 1. The Morgan fingerprint density at radius 2 is 1.81 bits per heavy atom. The van der Waals surface area contributed by atoms with E-state index in [0.29, 0.717) is 10.6 Å². The van der Waals surface area contributed by atoms with Gasteiger partial charge < -0.3 is 4.74 Å². The van der Waals surface area contributed by atoms with Crippen LogP contribution in [0.3, 0.4) is 0 Å². The van der Waals surface area contributed by atoms with Crippen LogP contribution in [0.1, 0.15) is 11.1 Å². The first-order valence-electron chi connectivity index (χ1n) is 7.58. The third-order valence-electron chi connectivity index (χ3n) is 3.65. The van der Waals surface area contributed by atoms with Gasteiger partial charge in [0.1, 0.15) is 0 Å². The van der Waals surface area contributed by atoms with E-state index in [9.17, 15) is 13.2 Å². The molecule has 0 atom stereocenters. The topological polar surface area (TPSA) is 76.0 Å². The quantitative estimate of drug-likeness (QED) is 0.594. The van der Waals surface area contributed by atoms with Crippen molar-refractivity contribution < 1.29 is 17.9 Å². The lowest BCUT2D eigenvalue weighted by atomic mass is 10.2. The molecule has 0 saturated carbocycles. The molecule has 0 N–H and O–H groups in total. The van der Waals surface area contributed by atoms with Crippen molar-refractivity contribution in [2.75, 3.05) is 14.1 Å². The van der Waals surface area contributed by atoms with E-state index < -0.39 is 16.0 Å². The number of nitrogens with zero attached hydrogens (tertiary/aromatic N) is 2. The zero-order valence-electron chi connectivity index (χ0n) is 14.0. The number of halogens is 1. The first kappa shape index (κ1) is 18.3. The highest BCUT2D eigenvalue weighted by Crippen LogP contribution is 2.22. The highest BCUT2D eigenvalue weighted by molar-refractivity contribution is 7.89. The number of cyclic esters (lactones) is 1. The molecule has 0 spiro atoms. The van der Waals surface area contributed by atoms with Crippen molar-refractivity contribution in [2.45, 2.75) is 4.90 Å². The Labute approximate surface area is 156 Å². The number of sulfonamides is 1. The van der Waals surface area contributed by atoms with Crippen LogP contribution in [0, 0.1) is 0 Å². The lowest BCUT2D eigenvalue weighted by Crippen LogP contribution is -2.22. The molecule has 0 aromatic heterocycles. The number of rotatable bonds is 4. The summed E-state index contributed by atoms with van der Waals surface area (Å²) in [7, 11) is -0.705. The Balaban J connectivity index is 1.96. The second-order valence-corrected chi connectivity index (χ2v) is 8.29. The van der Waals surface area contributed by atoms with Crippen molar-refractivity contribution in [2.24, 2.45) is 4.99 Å². The molecule has 0 bridgehead atoms.